The van der Waals surface area contributed by atoms with Crippen LogP contribution in [0.4, 0.5) is 11.6 Å². The van der Waals surface area contributed by atoms with Crippen molar-refractivity contribution < 1.29 is 0 Å². The number of hydrogen-bond donors (Lipinski definition) is 4. The maximum atomic E-state index is 11.4. The molecule has 0 unspecified atom stereocenters. The van der Waals surface area contributed by atoms with E-state index in [4.69, 9.17) is 0 Å². The highest BCUT2D eigenvalue weighted by Crippen LogP contribution is 2.13. The van der Waals surface area contributed by atoms with Gasteiger partial charge in [-0.15, -0.1) is 5.10 Å². The fraction of sp³-hybridized carbons (Fsp3) is 0.231. The van der Waals surface area contributed by atoms with Crippen molar-refractivity contribution in [2.75, 3.05) is 23.7 Å². The van der Waals surface area contributed by atoms with Gasteiger partial charge >= 0.3 is 0 Å². The zero-order chi connectivity index (χ0) is 14.5. The summed E-state index contributed by atoms with van der Waals surface area (Å²) < 4.78 is 0. The van der Waals surface area contributed by atoms with Crippen molar-refractivity contribution in [2.24, 2.45) is 0 Å². The number of aromatic amines is 2. The number of nitrogens with one attached hydrogen (secondary N) is 4. The lowest BCUT2D eigenvalue weighted by molar-refractivity contribution is 0.876. The fourth-order valence-corrected chi connectivity index (χ4v) is 2.00. The molecule has 21 heavy (non-hydrogen) atoms. The van der Waals surface area contributed by atoms with Crippen LogP contribution in [0.2, 0.25) is 0 Å². The molecule has 2 aromatic heterocycles. The molecule has 0 saturated carbocycles. The van der Waals surface area contributed by atoms with E-state index in [0.29, 0.717) is 11.3 Å². The first-order valence-electron chi connectivity index (χ1n) is 6.65. The van der Waals surface area contributed by atoms with Gasteiger partial charge in [0.05, 0.1) is 23.3 Å². The Morgan fingerprint density at radius 2 is 2.00 bits per heavy atom. The molecule has 3 aromatic rings. The predicted octanol–water partition coefficient (Wildman–Crippen LogP) is 0.955. The average Bonchev–Trinajstić information content (AvgIpc) is 2.89. The first-order chi connectivity index (χ1) is 10.3. The lowest BCUT2D eigenvalue weighted by atomic mass is 10.2. The summed E-state index contributed by atoms with van der Waals surface area (Å²) in [6.07, 6.45) is 4.04. The molecule has 0 aliphatic carbocycles. The second kappa shape index (κ2) is 6.04. The Morgan fingerprint density at radius 3 is 2.86 bits per heavy atom. The quantitative estimate of drug-likeness (QED) is 0.502. The molecule has 8 nitrogen and oxygen atoms in total. The highest BCUT2D eigenvalue weighted by Gasteiger charge is 2.01. The molecule has 0 amide bonds. The maximum Gasteiger partial charge on any atom is 0.271 e. The van der Waals surface area contributed by atoms with Gasteiger partial charge in [0.15, 0.2) is 0 Å². The molecular weight excluding hydrogens is 270 g/mol. The molecule has 1 aromatic carbocycles. The number of anilines is 2. The van der Waals surface area contributed by atoms with Gasteiger partial charge in [-0.3, -0.25) is 15.0 Å². The third-order valence-electron chi connectivity index (χ3n) is 3.02. The van der Waals surface area contributed by atoms with Crippen molar-refractivity contribution in [1.29, 1.82) is 0 Å². The Kier molecular flexibility index (Phi) is 3.77. The van der Waals surface area contributed by atoms with E-state index in [-0.39, 0.29) is 5.56 Å². The minimum absolute atomic E-state index is 0.0998. The Bertz CT molecular complexity index is 765. The number of hydrogen-bond acceptors (Lipinski definition) is 6. The van der Waals surface area contributed by atoms with Gasteiger partial charge in [-0.1, -0.05) is 0 Å². The van der Waals surface area contributed by atoms with E-state index in [2.05, 4.69) is 36.0 Å². The molecule has 3 rings (SSSR count). The third-order valence-corrected chi connectivity index (χ3v) is 3.02. The molecule has 0 aliphatic rings. The number of rotatable bonds is 6. The molecule has 108 valence electrons. The minimum Gasteiger partial charge on any atom is -0.385 e. The van der Waals surface area contributed by atoms with Gasteiger partial charge in [-0.2, -0.15) is 5.10 Å². The van der Waals surface area contributed by atoms with Crippen LogP contribution in [0.3, 0.4) is 0 Å². The van der Waals surface area contributed by atoms with E-state index >= 15 is 0 Å². The number of nitrogens with zero attached hydrogens (tertiary/aromatic N) is 3. The summed E-state index contributed by atoms with van der Waals surface area (Å²) in [6, 6.07) is 5.60. The standard InChI is InChI=1S/C13H15N7O/c21-12-10-3-2-9(8-11(10)18-19-12)14-4-1-5-15-13-16-6-7-17-20-13/h2-3,6-8,14H,1,4-5H2,(H,15,16,20)(H2,18,19,21). The van der Waals surface area contributed by atoms with Gasteiger partial charge in [0.1, 0.15) is 0 Å². The molecule has 0 atom stereocenters. The van der Waals surface area contributed by atoms with Gasteiger partial charge in [0.25, 0.3) is 5.56 Å². The SMILES string of the molecule is O=c1[nH][nH]c2cc(NCCCNc3nccnn3)ccc12. The van der Waals surface area contributed by atoms with E-state index in [1.54, 1.807) is 12.3 Å². The van der Waals surface area contributed by atoms with Gasteiger partial charge in [-0.25, -0.2) is 4.98 Å². The summed E-state index contributed by atoms with van der Waals surface area (Å²) in [5.41, 5.74) is 1.67. The third kappa shape index (κ3) is 3.16. The molecule has 0 fully saturated rings. The fourth-order valence-electron chi connectivity index (χ4n) is 2.00. The van der Waals surface area contributed by atoms with Crippen molar-refractivity contribution in [2.45, 2.75) is 6.42 Å². The Balaban J connectivity index is 1.47. The first kappa shape index (κ1) is 13.1. The van der Waals surface area contributed by atoms with Crippen LogP contribution >= 0.6 is 0 Å². The van der Waals surface area contributed by atoms with Gasteiger partial charge in [0.2, 0.25) is 5.95 Å². The maximum absolute atomic E-state index is 11.4. The zero-order valence-corrected chi connectivity index (χ0v) is 11.3. The Morgan fingerprint density at radius 1 is 1.10 bits per heavy atom. The van der Waals surface area contributed by atoms with E-state index < -0.39 is 0 Å². The highest BCUT2D eigenvalue weighted by atomic mass is 16.1. The Labute approximate surface area is 120 Å². The van der Waals surface area contributed by atoms with Crippen LogP contribution in [-0.4, -0.2) is 38.5 Å². The highest BCUT2D eigenvalue weighted by molar-refractivity contribution is 5.81. The summed E-state index contributed by atoms with van der Waals surface area (Å²) in [4.78, 5) is 15.4. The van der Waals surface area contributed by atoms with E-state index in [1.807, 2.05) is 12.1 Å². The summed E-state index contributed by atoms with van der Waals surface area (Å²) in [7, 11) is 0. The minimum atomic E-state index is -0.0998. The van der Waals surface area contributed by atoms with Crippen LogP contribution < -0.4 is 16.2 Å². The summed E-state index contributed by atoms with van der Waals surface area (Å²) in [5, 5.41) is 20.0. The molecule has 0 saturated heterocycles. The van der Waals surface area contributed by atoms with Crippen molar-refractivity contribution in [3.8, 4) is 0 Å². The van der Waals surface area contributed by atoms with E-state index in [0.717, 1.165) is 30.7 Å². The first-order valence-corrected chi connectivity index (χ1v) is 6.65. The summed E-state index contributed by atoms with van der Waals surface area (Å²) in [5.74, 6) is 0.531. The average molecular weight is 285 g/mol. The molecule has 4 N–H and O–H groups in total. The van der Waals surface area contributed by atoms with Gasteiger partial charge in [-0.05, 0) is 24.6 Å². The van der Waals surface area contributed by atoms with E-state index in [9.17, 15) is 4.79 Å². The lowest BCUT2D eigenvalue weighted by Gasteiger charge is -2.07. The van der Waals surface area contributed by atoms with Crippen LogP contribution in [-0.2, 0) is 0 Å². The summed E-state index contributed by atoms with van der Waals surface area (Å²) >= 11 is 0. The van der Waals surface area contributed by atoms with Crippen molar-refractivity contribution >= 4 is 22.5 Å². The smallest absolute Gasteiger partial charge is 0.271 e. The largest absolute Gasteiger partial charge is 0.385 e. The van der Waals surface area contributed by atoms with Crippen LogP contribution in [0.5, 0.6) is 0 Å². The summed E-state index contributed by atoms with van der Waals surface area (Å²) in [6.45, 7) is 1.55. The van der Waals surface area contributed by atoms with Crippen LogP contribution in [0.15, 0.2) is 35.4 Å². The van der Waals surface area contributed by atoms with Gasteiger partial charge in [0, 0.05) is 18.8 Å². The number of aromatic nitrogens is 5. The van der Waals surface area contributed by atoms with Crippen molar-refractivity contribution in [3.63, 3.8) is 0 Å². The monoisotopic (exact) mass is 285 g/mol. The van der Waals surface area contributed by atoms with Crippen molar-refractivity contribution in [1.82, 2.24) is 25.4 Å². The topological polar surface area (TPSA) is 111 Å². The second-order valence-electron chi connectivity index (χ2n) is 4.51. The van der Waals surface area contributed by atoms with E-state index in [1.165, 1.54) is 6.20 Å². The molecular formula is C13H15N7O. The number of fused-ring (bicyclic) bond motifs is 1. The number of benzene rings is 1. The Hall–Kier alpha value is -2.90. The molecule has 0 spiro atoms. The van der Waals surface area contributed by atoms with Crippen LogP contribution in [0.25, 0.3) is 10.9 Å². The molecule has 0 bridgehead atoms. The van der Waals surface area contributed by atoms with Gasteiger partial charge < -0.3 is 10.6 Å². The lowest BCUT2D eigenvalue weighted by Crippen LogP contribution is -2.11. The zero-order valence-electron chi connectivity index (χ0n) is 11.3. The number of H-pyrrole nitrogens is 2. The van der Waals surface area contributed by atoms with Crippen LogP contribution in [0.1, 0.15) is 6.42 Å². The molecule has 2 heterocycles. The molecule has 0 aliphatic heterocycles. The van der Waals surface area contributed by atoms with Crippen molar-refractivity contribution in [3.05, 3.63) is 40.9 Å². The van der Waals surface area contributed by atoms with Crippen LogP contribution in [0, 0.1) is 0 Å². The molecule has 8 heteroatoms. The second-order valence-corrected chi connectivity index (χ2v) is 4.51. The molecule has 0 radical (unpaired) electrons. The normalized spacial score (nSPS) is 10.7. The predicted molar refractivity (Wildman–Crippen MR) is 80.3 cm³/mol.